The van der Waals surface area contributed by atoms with Crippen LogP contribution in [-0.4, -0.2) is 34.5 Å². The minimum absolute atomic E-state index is 0.215. The molecule has 7 heteroatoms. The van der Waals surface area contributed by atoms with E-state index in [0.29, 0.717) is 11.1 Å². The summed E-state index contributed by atoms with van der Waals surface area (Å²) in [7, 11) is -0.504. The lowest BCUT2D eigenvalue weighted by molar-refractivity contribution is -0.121. The third-order valence-corrected chi connectivity index (χ3v) is 4.83. The number of hydrogen-bond acceptors (Lipinski definition) is 4. The normalized spacial score (nSPS) is 12.8. The summed E-state index contributed by atoms with van der Waals surface area (Å²) in [6, 6.07) is 2.69. The highest BCUT2D eigenvalue weighted by Crippen LogP contribution is 2.24. The SMILES string of the molecule is CNC(=O)C(C)NS(=O)(=O)c1c(C)cc(NC)cc1C. The monoisotopic (exact) mass is 299 g/mol. The zero-order chi connectivity index (χ0) is 15.5. The average Bonchev–Trinajstić information content (AvgIpc) is 2.35. The van der Waals surface area contributed by atoms with Gasteiger partial charge in [-0.25, -0.2) is 8.42 Å². The second-order valence-electron chi connectivity index (χ2n) is 4.65. The quantitative estimate of drug-likeness (QED) is 0.749. The number of nitrogens with one attached hydrogen (secondary N) is 3. The molecule has 0 aliphatic rings. The number of hydrogen-bond donors (Lipinski definition) is 3. The first-order chi connectivity index (χ1) is 9.22. The van der Waals surface area contributed by atoms with Gasteiger partial charge in [-0.05, 0) is 44.0 Å². The van der Waals surface area contributed by atoms with Crippen molar-refractivity contribution < 1.29 is 13.2 Å². The van der Waals surface area contributed by atoms with Crippen LogP contribution in [0.2, 0.25) is 0 Å². The first-order valence-electron chi connectivity index (χ1n) is 6.26. The summed E-state index contributed by atoms with van der Waals surface area (Å²) in [5, 5.41) is 5.39. The second-order valence-corrected chi connectivity index (χ2v) is 6.30. The number of carbonyl (C=O) groups is 1. The minimum Gasteiger partial charge on any atom is -0.388 e. The molecule has 20 heavy (non-hydrogen) atoms. The molecule has 0 spiro atoms. The minimum atomic E-state index is -3.74. The van der Waals surface area contributed by atoms with Crippen LogP contribution in [-0.2, 0) is 14.8 Å². The van der Waals surface area contributed by atoms with Gasteiger partial charge in [0, 0.05) is 19.8 Å². The van der Waals surface area contributed by atoms with Gasteiger partial charge in [-0.2, -0.15) is 4.72 Å². The molecule has 0 heterocycles. The van der Waals surface area contributed by atoms with Crippen molar-refractivity contribution in [2.24, 2.45) is 0 Å². The van der Waals surface area contributed by atoms with Crippen molar-refractivity contribution in [1.82, 2.24) is 10.0 Å². The molecule has 1 aromatic rings. The zero-order valence-corrected chi connectivity index (χ0v) is 13.2. The molecule has 6 nitrogen and oxygen atoms in total. The topological polar surface area (TPSA) is 87.3 Å². The summed E-state index contributed by atoms with van der Waals surface area (Å²) in [5.74, 6) is -0.379. The van der Waals surface area contributed by atoms with E-state index in [1.54, 1.807) is 33.0 Å². The van der Waals surface area contributed by atoms with Crippen LogP contribution >= 0.6 is 0 Å². The van der Waals surface area contributed by atoms with Gasteiger partial charge in [0.25, 0.3) is 0 Å². The zero-order valence-electron chi connectivity index (χ0n) is 12.4. The Bertz CT molecular complexity index is 588. The lowest BCUT2D eigenvalue weighted by atomic mass is 10.1. The van der Waals surface area contributed by atoms with E-state index in [9.17, 15) is 13.2 Å². The highest BCUT2D eigenvalue weighted by Gasteiger charge is 2.24. The van der Waals surface area contributed by atoms with Crippen molar-refractivity contribution in [3.63, 3.8) is 0 Å². The summed E-state index contributed by atoms with van der Waals surface area (Å²) in [6.07, 6.45) is 0. The highest BCUT2D eigenvalue weighted by atomic mass is 32.2. The lowest BCUT2D eigenvalue weighted by Gasteiger charge is -2.17. The molecule has 0 aliphatic heterocycles. The predicted octanol–water partition coefficient (Wildman–Crippen LogP) is 0.758. The number of sulfonamides is 1. The van der Waals surface area contributed by atoms with Crippen molar-refractivity contribution in [2.45, 2.75) is 31.7 Å². The van der Waals surface area contributed by atoms with Crippen LogP contribution in [0.1, 0.15) is 18.1 Å². The molecule has 0 bridgehead atoms. The van der Waals surface area contributed by atoms with E-state index in [2.05, 4.69) is 15.4 Å². The van der Waals surface area contributed by atoms with Crippen molar-refractivity contribution in [1.29, 1.82) is 0 Å². The first-order valence-corrected chi connectivity index (χ1v) is 7.74. The smallest absolute Gasteiger partial charge is 0.241 e. The summed E-state index contributed by atoms with van der Waals surface area (Å²) in [6.45, 7) is 4.96. The van der Waals surface area contributed by atoms with Crippen LogP contribution in [0.5, 0.6) is 0 Å². The predicted molar refractivity (Wildman–Crippen MR) is 79.3 cm³/mol. The molecule has 112 valence electrons. The van der Waals surface area contributed by atoms with E-state index in [4.69, 9.17) is 0 Å². The number of amides is 1. The van der Waals surface area contributed by atoms with E-state index in [0.717, 1.165) is 5.69 Å². The van der Waals surface area contributed by atoms with Gasteiger partial charge < -0.3 is 10.6 Å². The molecule has 1 rings (SSSR count). The maximum absolute atomic E-state index is 12.4. The number of aryl methyl sites for hydroxylation is 2. The summed E-state index contributed by atoms with van der Waals surface area (Å²) in [5.41, 5.74) is 2.11. The Morgan fingerprint density at radius 1 is 1.15 bits per heavy atom. The van der Waals surface area contributed by atoms with Crippen molar-refractivity contribution in [3.8, 4) is 0 Å². The third kappa shape index (κ3) is 3.49. The van der Waals surface area contributed by atoms with Crippen LogP contribution in [0.25, 0.3) is 0 Å². The molecule has 1 aromatic carbocycles. The van der Waals surface area contributed by atoms with Gasteiger partial charge in [-0.1, -0.05) is 0 Å². The highest BCUT2D eigenvalue weighted by molar-refractivity contribution is 7.89. The van der Waals surface area contributed by atoms with Crippen LogP contribution in [0.15, 0.2) is 17.0 Å². The number of rotatable bonds is 5. The average molecular weight is 299 g/mol. The standard InChI is InChI=1S/C13H21N3O3S/c1-8-6-11(14-4)7-9(2)12(8)20(18,19)16-10(3)13(17)15-5/h6-7,10,14,16H,1-5H3,(H,15,17). The fourth-order valence-electron chi connectivity index (χ4n) is 2.08. The van der Waals surface area contributed by atoms with Crippen molar-refractivity contribution in [3.05, 3.63) is 23.3 Å². The van der Waals surface area contributed by atoms with Crippen LogP contribution in [0.3, 0.4) is 0 Å². The van der Waals surface area contributed by atoms with Crippen LogP contribution in [0, 0.1) is 13.8 Å². The molecular formula is C13H21N3O3S. The van der Waals surface area contributed by atoms with E-state index in [-0.39, 0.29) is 10.8 Å². The van der Waals surface area contributed by atoms with Gasteiger partial charge in [-0.3, -0.25) is 4.79 Å². The van der Waals surface area contributed by atoms with Gasteiger partial charge >= 0.3 is 0 Å². The largest absolute Gasteiger partial charge is 0.388 e. The molecule has 0 saturated heterocycles. The van der Waals surface area contributed by atoms with E-state index >= 15 is 0 Å². The Balaban J connectivity index is 3.20. The summed E-state index contributed by atoms with van der Waals surface area (Å²) >= 11 is 0. The van der Waals surface area contributed by atoms with Gasteiger partial charge in [-0.15, -0.1) is 0 Å². The van der Waals surface area contributed by atoms with E-state index < -0.39 is 16.1 Å². The maximum atomic E-state index is 12.4. The number of anilines is 1. The number of likely N-dealkylation sites (N-methyl/N-ethyl adjacent to an activating group) is 1. The first kappa shape index (κ1) is 16.5. The molecule has 0 fully saturated rings. The Labute approximate surface area is 120 Å². The molecule has 0 aromatic heterocycles. The maximum Gasteiger partial charge on any atom is 0.241 e. The molecule has 3 N–H and O–H groups in total. The van der Waals surface area contributed by atoms with Gasteiger partial charge in [0.15, 0.2) is 0 Å². The number of carbonyl (C=O) groups excluding carboxylic acids is 1. The fraction of sp³-hybridized carbons (Fsp3) is 0.462. The van der Waals surface area contributed by atoms with Crippen molar-refractivity contribution in [2.75, 3.05) is 19.4 Å². The van der Waals surface area contributed by atoms with E-state index in [1.807, 2.05) is 0 Å². The Hall–Kier alpha value is -1.60. The van der Waals surface area contributed by atoms with Crippen molar-refractivity contribution >= 4 is 21.6 Å². The van der Waals surface area contributed by atoms with Gasteiger partial charge in [0.05, 0.1) is 10.9 Å². The summed E-state index contributed by atoms with van der Waals surface area (Å²) < 4.78 is 27.2. The molecule has 1 atom stereocenters. The Morgan fingerprint density at radius 3 is 2.05 bits per heavy atom. The van der Waals surface area contributed by atoms with Gasteiger partial charge in [0.2, 0.25) is 15.9 Å². The summed E-state index contributed by atoms with van der Waals surface area (Å²) in [4.78, 5) is 11.7. The Kier molecular flexibility index (Phi) is 5.13. The molecule has 1 amide bonds. The molecular weight excluding hydrogens is 278 g/mol. The van der Waals surface area contributed by atoms with Gasteiger partial charge in [0.1, 0.15) is 0 Å². The fourth-order valence-corrected chi connectivity index (χ4v) is 3.74. The Morgan fingerprint density at radius 2 is 1.65 bits per heavy atom. The number of benzene rings is 1. The lowest BCUT2D eigenvalue weighted by Crippen LogP contribution is -2.43. The second kappa shape index (κ2) is 6.23. The molecule has 0 aliphatic carbocycles. The van der Waals surface area contributed by atoms with Crippen LogP contribution < -0.4 is 15.4 Å². The third-order valence-electron chi connectivity index (χ3n) is 2.99. The van der Waals surface area contributed by atoms with Crippen LogP contribution in [0.4, 0.5) is 5.69 Å². The van der Waals surface area contributed by atoms with E-state index in [1.165, 1.54) is 14.0 Å². The molecule has 1 unspecified atom stereocenters. The molecule has 0 radical (unpaired) electrons. The molecule has 0 saturated carbocycles.